The van der Waals surface area contributed by atoms with E-state index < -0.39 is 5.97 Å². The Hall–Kier alpha value is -1.42. The summed E-state index contributed by atoms with van der Waals surface area (Å²) in [7, 11) is 1.58. The van der Waals surface area contributed by atoms with Crippen molar-refractivity contribution in [2.45, 2.75) is 25.7 Å². The van der Waals surface area contributed by atoms with E-state index in [-0.39, 0.29) is 6.42 Å². The first-order chi connectivity index (χ1) is 8.63. The van der Waals surface area contributed by atoms with Crippen molar-refractivity contribution in [1.82, 2.24) is 0 Å². The number of carboxylic acids is 1. The summed E-state index contributed by atoms with van der Waals surface area (Å²) < 4.78 is 5.12. The lowest BCUT2D eigenvalue weighted by molar-refractivity contribution is -0.137. The number of carboxylic acid groups (broad SMARTS) is 1. The molecule has 1 aromatic carbocycles. The zero-order valence-corrected chi connectivity index (χ0v) is 11.2. The predicted octanol–water partition coefficient (Wildman–Crippen LogP) is 3.41. The van der Waals surface area contributed by atoms with E-state index in [1.807, 2.05) is 12.1 Å². The highest BCUT2D eigenvalue weighted by atomic mass is 35.5. The number of nitrogens with one attached hydrogen (secondary N) is 1. The highest BCUT2D eigenvalue weighted by Gasteiger charge is 2.01. The van der Waals surface area contributed by atoms with Gasteiger partial charge < -0.3 is 15.2 Å². The third-order valence-electron chi connectivity index (χ3n) is 2.55. The molecule has 0 fully saturated rings. The molecule has 18 heavy (non-hydrogen) atoms. The fourth-order valence-corrected chi connectivity index (χ4v) is 1.78. The molecule has 0 aliphatic rings. The number of ether oxygens (including phenoxy) is 1. The zero-order valence-electron chi connectivity index (χ0n) is 10.4. The molecule has 0 spiro atoms. The Bertz CT molecular complexity index is 396. The predicted molar refractivity (Wildman–Crippen MR) is 72.6 cm³/mol. The molecule has 0 bridgehead atoms. The summed E-state index contributed by atoms with van der Waals surface area (Å²) in [6, 6.07) is 5.52. The second-order valence-corrected chi connectivity index (χ2v) is 4.39. The van der Waals surface area contributed by atoms with Crippen molar-refractivity contribution in [3.05, 3.63) is 23.2 Å². The molecule has 0 saturated heterocycles. The quantitative estimate of drug-likeness (QED) is 0.712. The molecule has 100 valence electrons. The normalized spacial score (nSPS) is 10.1. The van der Waals surface area contributed by atoms with Gasteiger partial charge in [0.15, 0.2) is 0 Å². The lowest BCUT2D eigenvalue weighted by Crippen LogP contribution is -2.02. The minimum Gasteiger partial charge on any atom is -0.495 e. The van der Waals surface area contributed by atoms with Gasteiger partial charge in [-0.25, -0.2) is 0 Å². The smallest absolute Gasteiger partial charge is 0.303 e. The summed E-state index contributed by atoms with van der Waals surface area (Å²) in [5, 5.41) is 12.3. The summed E-state index contributed by atoms with van der Waals surface area (Å²) in [4.78, 5) is 10.3. The van der Waals surface area contributed by atoms with Crippen LogP contribution in [0.1, 0.15) is 25.7 Å². The largest absolute Gasteiger partial charge is 0.495 e. The molecule has 0 aliphatic heterocycles. The molecular formula is C13H18ClNO3. The summed E-state index contributed by atoms with van der Waals surface area (Å²) in [6.07, 6.45) is 2.82. The van der Waals surface area contributed by atoms with E-state index in [0.717, 1.165) is 31.5 Å². The van der Waals surface area contributed by atoms with E-state index in [9.17, 15) is 4.79 Å². The maximum absolute atomic E-state index is 10.3. The topological polar surface area (TPSA) is 58.6 Å². The molecule has 0 aromatic heterocycles. The second-order valence-electron chi connectivity index (χ2n) is 3.98. The van der Waals surface area contributed by atoms with Gasteiger partial charge in [0.1, 0.15) is 5.75 Å². The molecule has 1 aromatic rings. The van der Waals surface area contributed by atoms with Crippen LogP contribution in [-0.4, -0.2) is 24.7 Å². The molecular weight excluding hydrogens is 254 g/mol. The number of hydrogen-bond donors (Lipinski definition) is 2. The van der Waals surface area contributed by atoms with Crippen LogP contribution in [0.15, 0.2) is 18.2 Å². The number of benzene rings is 1. The Morgan fingerprint density at radius 3 is 2.83 bits per heavy atom. The molecule has 1 rings (SSSR count). The molecule has 0 radical (unpaired) electrons. The van der Waals surface area contributed by atoms with Crippen molar-refractivity contribution in [2.24, 2.45) is 0 Å². The van der Waals surface area contributed by atoms with E-state index >= 15 is 0 Å². The van der Waals surface area contributed by atoms with Crippen LogP contribution in [0.5, 0.6) is 5.75 Å². The number of rotatable bonds is 8. The number of carbonyl (C=O) groups is 1. The zero-order chi connectivity index (χ0) is 13.4. The first-order valence-electron chi connectivity index (χ1n) is 5.92. The summed E-state index contributed by atoms with van der Waals surface area (Å²) >= 11 is 5.92. The van der Waals surface area contributed by atoms with Gasteiger partial charge in [-0.3, -0.25) is 4.79 Å². The minimum absolute atomic E-state index is 0.245. The van der Waals surface area contributed by atoms with Crippen LogP contribution in [0.3, 0.4) is 0 Å². The van der Waals surface area contributed by atoms with Gasteiger partial charge in [-0.15, -0.1) is 0 Å². The van der Waals surface area contributed by atoms with Gasteiger partial charge in [0.2, 0.25) is 0 Å². The van der Waals surface area contributed by atoms with Crippen molar-refractivity contribution in [2.75, 3.05) is 19.0 Å². The maximum atomic E-state index is 10.3. The standard InChI is InChI=1S/C13H18ClNO3/c1-18-12-9-10(6-7-11(12)14)15-8-4-2-3-5-13(16)17/h6-7,9,15H,2-5,8H2,1H3,(H,16,17). The molecule has 2 N–H and O–H groups in total. The van der Waals surface area contributed by atoms with Crippen LogP contribution >= 0.6 is 11.6 Å². The fraction of sp³-hybridized carbons (Fsp3) is 0.462. The van der Waals surface area contributed by atoms with Gasteiger partial charge in [-0.2, -0.15) is 0 Å². The lowest BCUT2D eigenvalue weighted by atomic mass is 10.2. The van der Waals surface area contributed by atoms with Crippen LogP contribution in [-0.2, 0) is 4.79 Å². The number of methoxy groups -OCH3 is 1. The molecule has 4 nitrogen and oxygen atoms in total. The molecule has 0 aliphatic carbocycles. The van der Waals surface area contributed by atoms with Gasteiger partial charge >= 0.3 is 5.97 Å². The third-order valence-corrected chi connectivity index (χ3v) is 2.86. The number of halogens is 1. The van der Waals surface area contributed by atoms with Gasteiger partial charge in [0, 0.05) is 24.7 Å². The van der Waals surface area contributed by atoms with Crippen molar-refractivity contribution in [1.29, 1.82) is 0 Å². The SMILES string of the molecule is COc1cc(NCCCCCC(=O)O)ccc1Cl. The average molecular weight is 272 g/mol. The van der Waals surface area contributed by atoms with E-state index in [4.69, 9.17) is 21.4 Å². The van der Waals surface area contributed by atoms with Crippen molar-refractivity contribution >= 4 is 23.3 Å². The fourth-order valence-electron chi connectivity index (χ4n) is 1.58. The third kappa shape index (κ3) is 5.27. The van der Waals surface area contributed by atoms with Crippen LogP contribution in [0.2, 0.25) is 5.02 Å². The van der Waals surface area contributed by atoms with Crippen LogP contribution in [0.4, 0.5) is 5.69 Å². The first-order valence-corrected chi connectivity index (χ1v) is 6.30. The summed E-state index contributed by atoms with van der Waals surface area (Å²) in [6.45, 7) is 0.810. The second kappa shape index (κ2) is 7.82. The first kappa shape index (κ1) is 14.6. The molecule has 0 amide bonds. The van der Waals surface area contributed by atoms with Gasteiger partial charge in [-0.1, -0.05) is 18.0 Å². The van der Waals surface area contributed by atoms with Crippen LogP contribution in [0.25, 0.3) is 0 Å². The Balaban J connectivity index is 2.25. The van der Waals surface area contributed by atoms with Crippen LogP contribution in [0, 0.1) is 0 Å². The molecule has 0 atom stereocenters. The average Bonchev–Trinajstić information content (AvgIpc) is 2.35. The Labute approximate surface area is 112 Å². The monoisotopic (exact) mass is 271 g/mol. The van der Waals surface area contributed by atoms with E-state index in [1.54, 1.807) is 13.2 Å². The number of aliphatic carboxylic acids is 1. The van der Waals surface area contributed by atoms with E-state index in [1.165, 1.54) is 0 Å². The lowest BCUT2D eigenvalue weighted by Gasteiger charge is -2.09. The van der Waals surface area contributed by atoms with Crippen molar-refractivity contribution in [3.8, 4) is 5.75 Å². The Kier molecular flexibility index (Phi) is 6.36. The van der Waals surface area contributed by atoms with Gasteiger partial charge in [-0.05, 0) is 25.0 Å². The number of unbranched alkanes of at least 4 members (excludes halogenated alkanes) is 2. The van der Waals surface area contributed by atoms with E-state index in [0.29, 0.717) is 10.8 Å². The van der Waals surface area contributed by atoms with Crippen molar-refractivity contribution in [3.63, 3.8) is 0 Å². The summed E-state index contributed by atoms with van der Waals surface area (Å²) in [5.41, 5.74) is 0.953. The van der Waals surface area contributed by atoms with Gasteiger partial charge in [0.25, 0.3) is 0 Å². The van der Waals surface area contributed by atoms with E-state index in [2.05, 4.69) is 5.32 Å². The summed E-state index contributed by atoms with van der Waals surface area (Å²) in [5.74, 6) is -0.0852. The Morgan fingerprint density at radius 1 is 1.39 bits per heavy atom. The van der Waals surface area contributed by atoms with Crippen LogP contribution < -0.4 is 10.1 Å². The van der Waals surface area contributed by atoms with Crippen molar-refractivity contribution < 1.29 is 14.6 Å². The molecule has 0 saturated carbocycles. The van der Waals surface area contributed by atoms with Gasteiger partial charge in [0.05, 0.1) is 12.1 Å². The molecule has 5 heteroatoms. The highest BCUT2D eigenvalue weighted by molar-refractivity contribution is 6.32. The Morgan fingerprint density at radius 2 is 2.17 bits per heavy atom. The minimum atomic E-state index is -0.731. The maximum Gasteiger partial charge on any atom is 0.303 e. The molecule has 0 unspecified atom stereocenters. The number of hydrogen-bond acceptors (Lipinski definition) is 3. The highest BCUT2D eigenvalue weighted by Crippen LogP contribution is 2.27. The number of anilines is 1. The molecule has 0 heterocycles.